The maximum absolute atomic E-state index is 12.7. The Bertz CT molecular complexity index is 881. The van der Waals surface area contributed by atoms with Crippen molar-refractivity contribution in [2.24, 2.45) is 0 Å². The maximum Gasteiger partial charge on any atom is 0.240 e. The molecule has 0 aliphatic carbocycles. The van der Waals surface area contributed by atoms with Gasteiger partial charge in [0, 0.05) is 39.1 Å². The number of hydrogen-bond acceptors (Lipinski definition) is 4. The van der Waals surface area contributed by atoms with E-state index in [0.717, 1.165) is 38.0 Å². The van der Waals surface area contributed by atoms with Crippen molar-refractivity contribution in [3.63, 3.8) is 0 Å². The third-order valence-corrected chi connectivity index (χ3v) is 6.47. The Kier molecular flexibility index (Phi) is 8.64. The summed E-state index contributed by atoms with van der Waals surface area (Å²) in [4.78, 5) is 13.6. The van der Waals surface area contributed by atoms with Crippen molar-refractivity contribution in [3.05, 3.63) is 65.7 Å². The highest BCUT2D eigenvalue weighted by Gasteiger charge is 2.24. The number of likely N-dealkylation sites (tertiary alicyclic amines) is 1. The number of halogens is 1. The van der Waals surface area contributed by atoms with Crippen LogP contribution in [0, 0.1) is 0 Å². The molecule has 0 spiro atoms. The third kappa shape index (κ3) is 7.12. The first-order chi connectivity index (χ1) is 13.4. The van der Waals surface area contributed by atoms with Crippen molar-refractivity contribution in [2.45, 2.75) is 43.8 Å². The van der Waals surface area contributed by atoms with Crippen LogP contribution in [0.2, 0.25) is 0 Å². The molecular weight excluding hydrogens is 410 g/mol. The topological polar surface area (TPSA) is 78.5 Å². The van der Waals surface area contributed by atoms with Gasteiger partial charge in [-0.25, -0.2) is 13.1 Å². The molecule has 0 aromatic heterocycles. The average Bonchev–Trinajstić information content (AvgIpc) is 2.69. The van der Waals surface area contributed by atoms with E-state index in [2.05, 4.69) is 27.1 Å². The van der Waals surface area contributed by atoms with E-state index in [9.17, 15) is 13.2 Å². The van der Waals surface area contributed by atoms with Gasteiger partial charge in [0.15, 0.2) is 0 Å². The fourth-order valence-electron chi connectivity index (χ4n) is 3.35. The fraction of sp³-hybridized carbons (Fsp3) is 0.381. The minimum atomic E-state index is -3.54. The van der Waals surface area contributed by atoms with Crippen LogP contribution in [0.15, 0.2) is 59.5 Å². The van der Waals surface area contributed by atoms with E-state index >= 15 is 0 Å². The molecule has 1 fully saturated rings. The number of rotatable bonds is 7. The molecule has 1 amide bonds. The second-order valence-corrected chi connectivity index (χ2v) is 8.92. The highest BCUT2D eigenvalue weighted by molar-refractivity contribution is 7.89. The molecule has 1 aliphatic rings. The Morgan fingerprint density at radius 2 is 1.62 bits per heavy atom. The number of nitrogens with zero attached hydrogens (tertiary/aromatic N) is 1. The SMILES string of the molecule is CC(=O)NCc1ccc(S(=O)(=O)NC2CCN(Cc3ccccc3)CC2)cc1.Cl. The molecule has 3 rings (SSSR count). The lowest BCUT2D eigenvalue weighted by Gasteiger charge is -2.32. The van der Waals surface area contributed by atoms with Gasteiger partial charge in [-0.3, -0.25) is 9.69 Å². The molecule has 8 heteroatoms. The first-order valence-electron chi connectivity index (χ1n) is 9.54. The Morgan fingerprint density at radius 1 is 1.00 bits per heavy atom. The molecule has 0 unspecified atom stereocenters. The number of carbonyl (C=O) groups excluding carboxylic acids is 1. The highest BCUT2D eigenvalue weighted by Crippen LogP contribution is 2.17. The Balaban J connectivity index is 0.00000300. The second-order valence-electron chi connectivity index (χ2n) is 7.21. The summed E-state index contributed by atoms with van der Waals surface area (Å²) >= 11 is 0. The van der Waals surface area contributed by atoms with Crippen LogP contribution in [0.4, 0.5) is 0 Å². The van der Waals surface area contributed by atoms with Crippen LogP contribution in [0.5, 0.6) is 0 Å². The van der Waals surface area contributed by atoms with E-state index in [1.165, 1.54) is 12.5 Å². The van der Waals surface area contributed by atoms with Crippen molar-refractivity contribution < 1.29 is 13.2 Å². The molecule has 2 aromatic carbocycles. The standard InChI is InChI=1S/C21H27N3O3S.ClH/c1-17(25)22-15-18-7-9-21(10-8-18)28(26,27)23-20-11-13-24(14-12-20)16-19-5-3-2-4-6-19;/h2-10,20,23H,11-16H2,1H3,(H,22,25);1H. The van der Waals surface area contributed by atoms with Crippen molar-refractivity contribution in [1.29, 1.82) is 0 Å². The number of piperidine rings is 1. The smallest absolute Gasteiger partial charge is 0.240 e. The van der Waals surface area contributed by atoms with E-state index in [1.54, 1.807) is 24.3 Å². The summed E-state index contributed by atoms with van der Waals surface area (Å²) in [7, 11) is -3.54. The van der Waals surface area contributed by atoms with E-state index in [4.69, 9.17) is 0 Å². The summed E-state index contributed by atoms with van der Waals surface area (Å²) in [5, 5.41) is 2.70. The van der Waals surface area contributed by atoms with Crippen LogP contribution in [-0.2, 0) is 27.9 Å². The summed E-state index contributed by atoms with van der Waals surface area (Å²) in [6, 6.07) is 16.9. The van der Waals surface area contributed by atoms with Crippen LogP contribution in [-0.4, -0.2) is 38.4 Å². The summed E-state index contributed by atoms with van der Waals surface area (Å²) in [5.74, 6) is -0.114. The summed E-state index contributed by atoms with van der Waals surface area (Å²) in [6.07, 6.45) is 1.60. The fourth-order valence-corrected chi connectivity index (χ4v) is 4.66. The summed E-state index contributed by atoms with van der Waals surface area (Å²) in [5.41, 5.74) is 2.14. The summed E-state index contributed by atoms with van der Waals surface area (Å²) < 4.78 is 28.2. The third-order valence-electron chi connectivity index (χ3n) is 4.93. The molecule has 158 valence electrons. The highest BCUT2D eigenvalue weighted by atomic mass is 35.5. The van der Waals surface area contributed by atoms with Gasteiger partial charge in [0.05, 0.1) is 4.90 Å². The molecule has 1 heterocycles. The van der Waals surface area contributed by atoms with Crippen LogP contribution in [0.25, 0.3) is 0 Å². The summed E-state index contributed by atoms with van der Waals surface area (Å²) in [6.45, 7) is 4.49. The van der Waals surface area contributed by atoms with Gasteiger partial charge in [0.1, 0.15) is 0 Å². The van der Waals surface area contributed by atoms with E-state index in [0.29, 0.717) is 6.54 Å². The lowest BCUT2D eigenvalue weighted by molar-refractivity contribution is -0.119. The van der Waals surface area contributed by atoms with Crippen LogP contribution in [0.3, 0.4) is 0 Å². The lowest BCUT2D eigenvalue weighted by Crippen LogP contribution is -2.44. The first kappa shape index (κ1) is 23.3. The monoisotopic (exact) mass is 437 g/mol. The Morgan fingerprint density at radius 3 is 2.21 bits per heavy atom. The van der Waals surface area contributed by atoms with Gasteiger partial charge >= 0.3 is 0 Å². The minimum absolute atomic E-state index is 0. The number of amides is 1. The van der Waals surface area contributed by atoms with Gasteiger partial charge in [0.25, 0.3) is 0 Å². The van der Waals surface area contributed by atoms with Crippen molar-refractivity contribution in [1.82, 2.24) is 14.9 Å². The number of benzene rings is 2. The molecule has 1 aliphatic heterocycles. The zero-order valence-electron chi connectivity index (χ0n) is 16.5. The predicted molar refractivity (Wildman–Crippen MR) is 116 cm³/mol. The van der Waals surface area contributed by atoms with Crippen LogP contribution >= 0.6 is 12.4 Å². The van der Waals surface area contributed by atoms with Crippen molar-refractivity contribution in [2.75, 3.05) is 13.1 Å². The van der Waals surface area contributed by atoms with Crippen LogP contribution < -0.4 is 10.0 Å². The van der Waals surface area contributed by atoms with Gasteiger partial charge in [0.2, 0.25) is 15.9 Å². The van der Waals surface area contributed by atoms with Crippen molar-refractivity contribution in [3.8, 4) is 0 Å². The van der Waals surface area contributed by atoms with Crippen LogP contribution in [0.1, 0.15) is 30.9 Å². The zero-order chi connectivity index (χ0) is 20.0. The van der Waals surface area contributed by atoms with Gasteiger partial charge < -0.3 is 5.32 Å². The normalized spacial score (nSPS) is 15.5. The first-order valence-corrected chi connectivity index (χ1v) is 11.0. The average molecular weight is 438 g/mol. The molecule has 1 saturated heterocycles. The number of nitrogens with one attached hydrogen (secondary N) is 2. The molecule has 2 N–H and O–H groups in total. The van der Waals surface area contributed by atoms with E-state index < -0.39 is 10.0 Å². The largest absolute Gasteiger partial charge is 0.352 e. The van der Waals surface area contributed by atoms with E-state index in [-0.39, 0.29) is 29.3 Å². The van der Waals surface area contributed by atoms with Crippen molar-refractivity contribution >= 4 is 28.3 Å². The Labute approximate surface area is 179 Å². The molecule has 0 atom stereocenters. The van der Waals surface area contributed by atoms with Gasteiger partial charge in [-0.05, 0) is 36.1 Å². The minimum Gasteiger partial charge on any atom is -0.352 e. The molecule has 0 saturated carbocycles. The predicted octanol–water partition coefficient (Wildman–Crippen LogP) is 2.69. The van der Waals surface area contributed by atoms with E-state index in [1.807, 2.05) is 18.2 Å². The second kappa shape index (κ2) is 10.7. The number of carbonyl (C=O) groups is 1. The number of hydrogen-bond donors (Lipinski definition) is 2. The lowest BCUT2D eigenvalue weighted by atomic mass is 10.1. The molecule has 29 heavy (non-hydrogen) atoms. The zero-order valence-corrected chi connectivity index (χ0v) is 18.1. The molecule has 6 nitrogen and oxygen atoms in total. The number of sulfonamides is 1. The molecule has 2 aromatic rings. The molecule has 0 radical (unpaired) electrons. The molecular formula is C21H28ClN3O3S. The Hall–Kier alpha value is -1.93. The van der Waals surface area contributed by atoms with Gasteiger partial charge in [-0.1, -0.05) is 42.5 Å². The quantitative estimate of drug-likeness (QED) is 0.698. The van der Waals surface area contributed by atoms with Gasteiger partial charge in [-0.15, -0.1) is 12.4 Å². The maximum atomic E-state index is 12.7. The van der Waals surface area contributed by atoms with Gasteiger partial charge in [-0.2, -0.15) is 0 Å². The molecule has 0 bridgehead atoms.